The molecule has 2 rings (SSSR count). The summed E-state index contributed by atoms with van der Waals surface area (Å²) in [6, 6.07) is 1.69. The zero-order valence-electron chi connectivity index (χ0n) is 10.8. The summed E-state index contributed by atoms with van der Waals surface area (Å²) in [5.74, 6) is 0.789. The number of nitrogens with two attached hydrogens (primary N) is 1. The predicted molar refractivity (Wildman–Crippen MR) is 69.4 cm³/mol. The van der Waals surface area contributed by atoms with Gasteiger partial charge in [-0.05, 0) is 51.1 Å². The van der Waals surface area contributed by atoms with Crippen LogP contribution in [-0.2, 0) is 0 Å². The summed E-state index contributed by atoms with van der Waals surface area (Å²) < 4.78 is 0. The van der Waals surface area contributed by atoms with Gasteiger partial charge in [-0.2, -0.15) is 0 Å². The van der Waals surface area contributed by atoms with Gasteiger partial charge in [-0.15, -0.1) is 0 Å². The summed E-state index contributed by atoms with van der Waals surface area (Å²) in [5, 5.41) is 0. The van der Waals surface area contributed by atoms with Gasteiger partial charge in [0, 0.05) is 12.1 Å². The molecule has 1 heterocycles. The van der Waals surface area contributed by atoms with Crippen molar-refractivity contribution in [1.82, 2.24) is 4.90 Å². The molecular formula is C14H28N2. The average molecular weight is 224 g/mol. The van der Waals surface area contributed by atoms with Gasteiger partial charge in [0.2, 0.25) is 0 Å². The lowest BCUT2D eigenvalue weighted by atomic mass is 9.92. The molecule has 1 saturated carbocycles. The van der Waals surface area contributed by atoms with Crippen LogP contribution < -0.4 is 5.73 Å². The van der Waals surface area contributed by atoms with Gasteiger partial charge < -0.3 is 5.73 Å². The van der Waals surface area contributed by atoms with Crippen LogP contribution >= 0.6 is 0 Å². The molecular weight excluding hydrogens is 196 g/mol. The molecule has 2 fully saturated rings. The Hall–Kier alpha value is -0.0800. The number of likely N-dealkylation sites (tertiary alicyclic amines) is 1. The Bertz CT molecular complexity index is 203. The third kappa shape index (κ3) is 2.60. The van der Waals surface area contributed by atoms with Crippen LogP contribution in [0.4, 0.5) is 0 Å². The fourth-order valence-corrected chi connectivity index (χ4v) is 3.83. The van der Waals surface area contributed by atoms with Crippen LogP contribution in [0.15, 0.2) is 0 Å². The minimum Gasteiger partial charge on any atom is -0.330 e. The molecule has 2 nitrogen and oxygen atoms in total. The molecule has 0 aromatic heterocycles. The number of hydrogen-bond acceptors (Lipinski definition) is 2. The van der Waals surface area contributed by atoms with Crippen LogP contribution in [0.5, 0.6) is 0 Å². The van der Waals surface area contributed by atoms with E-state index in [0.29, 0.717) is 0 Å². The highest BCUT2D eigenvalue weighted by atomic mass is 15.2. The molecule has 2 aliphatic rings. The fourth-order valence-electron chi connectivity index (χ4n) is 3.83. The van der Waals surface area contributed by atoms with Crippen molar-refractivity contribution >= 4 is 0 Å². The number of nitrogens with zero attached hydrogens (tertiary/aromatic N) is 1. The molecule has 0 amide bonds. The second-order valence-corrected chi connectivity index (χ2v) is 5.67. The Morgan fingerprint density at radius 1 is 1.12 bits per heavy atom. The van der Waals surface area contributed by atoms with Gasteiger partial charge in [0.25, 0.3) is 0 Å². The van der Waals surface area contributed by atoms with Crippen LogP contribution in [0.2, 0.25) is 0 Å². The topological polar surface area (TPSA) is 29.3 Å². The third-order valence-electron chi connectivity index (χ3n) is 4.64. The van der Waals surface area contributed by atoms with Crippen molar-refractivity contribution in [2.24, 2.45) is 11.7 Å². The number of piperidine rings is 1. The molecule has 1 saturated heterocycles. The Morgan fingerprint density at radius 3 is 2.75 bits per heavy atom. The van der Waals surface area contributed by atoms with E-state index in [1.165, 1.54) is 57.9 Å². The van der Waals surface area contributed by atoms with Crippen molar-refractivity contribution in [2.45, 2.75) is 70.4 Å². The minimum absolute atomic E-state index is 0.789. The number of rotatable bonds is 4. The highest BCUT2D eigenvalue weighted by Gasteiger charge is 2.35. The summed E-state index contributed by atoms with van der Waals surface area (Å²) in [5.41, 5.74) is 5.92. The number of hydrogen-bond donors (Lipinski definition) is 1. The van der Waals surface area contributed by atoms with Crippen LogP contribution in [0.25, 0.3) is 0 Å². The van der Waals surface area contributed by atoms with Gasteiger partial charge >= 0.3 is 0 Å². The van der Waals surface area contributed by atoms with E-state index < -0.39 is 0 Å². The van der Waals surface area contributed by atoms with E-state index in [4.69, 9.17) is 5.73 Å². The first-order chi connectivity index (χ1) is 7.86. The molecule has 0 aromatic carbocycles. The quantitative estimate of drug-likeness (QED) is 0.795. The van der Waals surface area contributed by atoms with E-state index in [1.807, 2.05) is 0 Å². The van der Waals surface area contributed by atoms with Gasteiger partial charge in [-0.25, -0.2) is 0 Å². The van der Waals surface area contributed by atoms with Gasteiger partial charge in [0.1, 0.15) is 0 Å². The largest absolute Gasteiger partial charge is 0.330 e. The Kier molecular flexibility index (Phi) is 4.66. The lowest BCUT2D eigenvalue weighted by Gasteiger charge is -2.42. The second kappa shape index (κ2) is 6.02. The summed E-state index contributed by atoms with van der Waals surface area (Å²) >= 11 is 0. The zero-order chi connectivity index (χ0) is 11.4. The second-order valence-electron chi connectivity index (χ2n) is 5.67. The minimum atomic E-state index is 0.789. The zero-order valence-corrected chi connectivity index (χ0v) is 10.8. The molecule has 0 aromatic rings. The van der Waals surface area contributed by atoms with Gasteiger partial charge in [0.05, 0.1) is 0 Å². The van der Waals surface area contributed by atoms with Crippen LogP contribution in [0, 0.1) is 5.92 Å². The maximum Gasteiger partial charge on any atom is 0.0138 e. The summed E-state index contributed by atoms with van der Waals surface area (Å²) in [6.07, 6.45) is 11.2. The SMILES string of the molecule is CCCC1CCCCN1C1CCCC1CN. The normalized spacial score (nSPS) is 36.8. The fraction of sp³-hybridized carbons (Fsp3) is 1.00. The molecule has 3 atom stereocenters. The van der Waals surface area contributed by atoms with Crippen molar-refractivity contribution in [3.05, 3.63) is 0 Å². The van der Waals surface area contributed by atoms with Crippen molar-refractivity contribution < 1.29 is 0 Å². The average Bonchev–Trinajstić information content (AvgIpc) is 2.78. The summed E-state index contributed by atoms with van der Waals surface area (Å²) in [7, 11) is 0. The van der Waals surface area contributed by atoms with Crippen molar-refractivity contribution in [2.75, 3.05) is 13.1 Å². The molecule has 1 aliphatic carbocycles. The first-order valence-corrected chi connectivity index (χ1v) is 7.32. The van der Waals surface area contributed by atoms with Crippen molar-refractivity contribution in [3.63, 3.8) is 0 Å². The highest BCUT2D eigenvalue weighted by Crippen LogP contribution is 2.34. The highest BCUT2D eigenvalue weighted by molar-refractivity contribution is 4.90. The van der Waals surface area contributed by atoms with Crippen LogP contribution in [0.1, 0.15) is 58.3 Å². The third-order valence-corrected chi connectivity index (χ3v) is 4.64. The van der Waals surface area contributed by atoms with E-state index in [1.54, 1.807) is 0 Å². The van der Waals surface area contributed by atoms with Gasteiger partial charge in [0.15, 0.2) is 0 Å². The van der Waals surface area contributed by atoms with Gasteiger partial charge in [-0.3, -0.25) is 4.90 Å². The predicted octanol–water partition coefficient (Wildman–Crippen LogP) is 2.77. The maximum absolute atomic E-state index is 5.92. The van der Waals surface area contributed by atoms with E-state index in [0.717, 1.165) is 24.5 Å². The lowest BCUT2D eigenvalue weighted by molar-refractivity contribution is 0.0694. The van der Waals surface area contributed by atoms with Gasteiger partial charge in [-0.1, -0.05) is 26.2 Å². The first-order valence-electron chi connectivity index (χ1n) is 7.32. The standard InChI is InChI=1S/C14H28N2/c1-2-6-13-8-3-4-10-16(13)14-9-5-7-12(14)11-15/h12-14H,2-11,15H2,1H3. The smallest absolute Gasteiger partial charge is 0.0138 e. The van der Waals surface area contributed by atoms with Crippen molar-refractivity contribution in [1.29, 1.82) is 0 Å². The molecule has 16 heavy (non-hydrogen) atoms. The molecule has 2 N–H and O–H groups in total. The van der Waals surface area contributed by atoms with E-state index >= 15 is 0 Å². The molecule has 2 heteroatoms. The monoisotopic (exact) mass is 224 g/mol. The molecule has 94 valence electrons. The molecule has 1 aliphatic heterocycles. The first kappa shape index (κ1) is 12.4. The van der Waals surface area contributed by atoms with E-state index in [-0.39, 0.29) is 0 Å². The Balaban J connectivity index is 1.98. The Labute approximate surface area is 101 Å². The van der Waals surface area contributed by atoms with E-state index in [2.05, 4.69) is 11.8 Å². The van der Waals surface area contributed by atoms with Crippen molar-refractivity contribution in [3.8, 4) is 0 Å². The summed E-state index contributed by atoms with van der Waals surface area (Å²) in [6.45, 7) is 4.56. The lowest BCUT2D eigenvalue weighted by Crippen LogP contribution is -2.48. The Morgan fingerprint density at radius 2 is 2.00 bits per heavy atom. The molecule has 0 bridgehead atoms. The maximum atomic E-state index is 5.92. The van der Waals surface area contributed by atoms with E-state index in [9.17, 15) is 0 Å². The molecule has 0 spiro atoms. The summed E-state index contributed by atoms with van der Waals surface area (Å²) in [4.78, 5) is 2.83. The molecule has 3 unspecified atom stereocenters. The van der Waals surface area contributed by atoms with Crippen LogP contribution in [0.3, 0.4) is 0 Å². The molecule has 0 radical (unpaired) electrons. The van der Waals surface area contributed by atoms with Crippen LogP contribution in [-0.4, -0.2) is 30.1 Å².